The van der Waals surface area contributed by atoms with Gasteiger partial charge in [-0.1, -0.05) is 12.1 Å². The van der Waals surface area contributed by atoms with Gasteiger partial charge in [0, 0.05) is 30.7 Å². The summed E-state index contributed by atoms with van der Waals surface area (Å²) in [6, 6.07) is 13.1. The Morgan fingerprint density at radius 3 is 2.58 bits per heavy atom. The molecule has 2 amide bonds. The number of fused-ring (bicyclic) bond motifs is 4. The maximum Gasteiger partial charge on any atom is 0.333 e. The van der Waals surface area contributed by atoms with E-state index in [4.69, 9.17) is 4.98 Å². The number of hydrazine groups is 1. The quantitative estimate of drug-likeness (QED) is 0.496. The molecule has 0 spiro atoms. The number of amides is 2. The predicted octanol–water partition coefficient (Wildman–Crippen LogP) is 2.86. The summed E-state index contributed by atoms with van der Waals surface area (Å²) < 4.78 is 0. The highest BCUT2D eigenvalue weighted by Gasteiger charge is 2.10. The van der Waals surface area contributed by atoms with Crippen LogP contribution >= 0.6 is 0 Å². The summed E-state index contributed by atoms with van der Waals surface area (Å²) in [4.78, 5) is 24.4. The molecule has 7 nitrogen and oxygen atoms in total. The highest BCUT2D eigenvalue weighted by atomic mass is 16.2. The van der Waals surface area contributed by atoms with E-state index in [1.165, 1.54) is 0 Å². The number of rotatable bonds is 2. The molecule has 24 heavy (non-hydrogen) atoms. The molecule has 2 aromatic heterocycles. The third-order valence-electron chi connectivity index (χ3n) is 3.68. The number of anilines is 1. The van der Waals surface area contributed by atoms with Crippen LogP contribution in [-0.2, 0) is 0 Å². The Morgan fingerprint density at radius 2 is 1.83 bits per heavy atom. The molecule has 3 N–H and O–H groups in total. The molecule has 4 rings (SSSR count). The van der Waals surface area contributed by atoms with Gasteiger partial charge in [0.2, 0.25) is 0 Å². The molecule has 0 aliphatic heterocycles. The van der Waals surface area contributed by atoms with Crippen LogP contribution in [0.15, 0.2) is 42.5 Å². The van der Waals surface area contributed by atoms with Crippen molar-refractivity contribution < 1.29 is 4.79 Å². The van der Waals surface area contributed by atoms with Crippen LogP contribution in [-0.4, -0.2) is 40.1 Å². The first-order valence-corrected chi connectivity index (χ1v) is 7.53. The second kappa shape index (κ2) is 5.47. The number of carbonyl (C=O) groups excluding carboxylic acids is 1. The molecule has 2 heterocycles. The van der Waals surface area contributed by atoms with Gasteiger partial charge in [-0.05, 0) is 30.3 Å². The number of hydrogen-bond donors (Lipinski definition) is 3. The molecule has 0 atom stereocenters. The molecular weight excluding hydrogens is 304 g/mol. The third-order valence-corrected chi connectivity index (χ3v) is 3.68. The number of urea groups is 1. The summed E-state index contributed by atoms with van der Waals surface area (Å²) >= 11 is 0. The Hall–Kier alpha value is -3.19. The van der Waals surface area contributed by atoms with E-state index in [0.29, 0.717) is 5.69 Å². The van der Waals surface area contributed by atoms with Crippen molar-refractivity contribution in [3.8, 4) is 0 Å². The second-order valence-electron chi connectivity index (χ2n) is 5.76. The Kier molecular flexibility index (Phi) is 3.28. The molecule has 0 bridgehead atoms. The number of aromatic amines is 1. The summed E-state index contributed by atoms with van der Waals surface area (Å²) in [6.45, 7) is 0. The topological polar surface area (TPSA) is 85.9 Å². The maximum absolute atomic E-state index is 11.8. The fraction of sp³-hybridized carbons (Fsp3) is 0.118. The highest BCUT2D eigenvalue weighted by Crippen LogP contribution is 2.27. The van der Waals surface area contributed by atoms with E-state index >= 15 is 0 Å². The Bertz CT molecular complexity index is 1070. The van der Waals surface area contributed by atoms with Gasteiger partial charge in [0.1, 0.15) is 5.52 Å². The van der Waals surface area contributed by atoms with Crippen LogP contribution in [0.25, 0.3) is 33.1 Å². The highest BCUT2D eigenvalue weighted by molar-refractivity contribution is 6.07. The molecule has 0 aliphatic carbocycles. The predicted molar refractivity (Wildman–Crippen MR) is 94.7 cm³/mol. The fourth-order valence-corrected chi connectivity index (χ4v) is 2.69. The van der Waals surface area contributed by atoms with Crippen molar-refractivity contribution in [3.05, 3.63) is 42.5 Å². The van der Waals surface area contributed by atoms with Crippen LogP contribution in [0.2, 0.25) is 0 Å². The Labute approximate surface area is 137 Å². The van der Waals surface area contributed by atoms with Gasteiger partial charge in [-0.25, -0.2) is 19.8 Å². The first-order chi connectivity index (χ1) is 11.6. The van der Waals surface area contributed by atoms with Crippen molar-refractivity contribution >= 4 is 44.8 Å². The standard InChI is InChI=1S/C17H16N6O/c1-23(2)22-17(24)18-10-7-8-12-11(9-10)15-16(20-12)21-14-6-4-3-5-13(14)19-15/h3-9H,1-2H3,(H,20,21)(H2,18,22,24). The lowest BCUT2D eigenvalue weighted by molar-refractivity contribution is 0.224. The van der Waals surface area contributed by atoms with Gasteiger partial charge in [0.05, 0.1) is 11.0 Å². The lowest BCUT2D eigenvalue weighted by Gasteiger charge is -2.12. The molecule has 0 aliphatic rings. The van der Waals surface area contributed by atoms with Crippen molar-refractivity contribution in [2.24, 2.45) is 0 Å². The van der Waals surface area contributed by atoms with Gasteiger partial charge in [-0.2, -0.15) is 0 Å². The zero-order valence-electron chi connectivity index (χ0n) is 13.3. The maximum atomic E-state index is 11.8. The van der Waals surface area contributed by atoms with Gasteiger partial charge in [0.25, 0.3) is 0 Å². The summed E-state index contributed by atoms with van der Waals surface area (Å²) in [6.07, 6.45) is 0. The molecule has 0 unspecified atom stereocenters. The van der Waals surface area contributed by atoms with E-state index in [0.717, 1.165) is 33.1 Å². The van der Waals surface area contributed by atoms with E-state index in [1.807, 2.05) is 42.5 Å². The first kappa shape index (κ1) is 14.4. The number of nitrogens with zero attached hydrogens (tertiary/aromatic N) is 3. The van der Waals surface area contributed by atoms with Crippen LogP contribution in [0.1, 0.15) is 0 Å². The molecule has 120 valence electrons. The average Bonchev–Trinajstić information content (AvgIpc) is 2.89. The summed E-state index contributed by atoms with van der Waals surface area (Å²) in [7, 11) is 3.51. The number of H-pyrrole nitrogens is 1. The van der Waals surface area contributed by atoms with E-state index in [1.54, 1.807) is 19.1 Å². The largest absolute Gasteiger partial charge is 0.338 e. The summed E-state index contributed by atoms with van der Waals surface area (Å²) in [5, 5.41) is 5.31. The molecule has 0 radical (unpaired) electrons. The molecule has 7 heteroatoms. The van der Waals surface area contributed by atoms with Crippen molar-refractivity contribution in [2.75, 3.05) is 19.4 Å². The van der Waals surface area contributed by atoms with Crippen LogP contribution < -0.4 is 10.7 Å². The zero-order valence-corrected chi connectivity index (χ0v) is 13.3. The number of hydrogen-bond acceptors (Lipinski definition) is 4. The minimum Gasteiger partial charge on any atom is -0.338 e. The molecule has 0 saturated carbocycles. The van der Waals surface area contributed by atoms with Gasteiger partial charge in [-0.15, -0.1) is 0 Å². The summed E-state index contributed by atoms with van der Waals surface area (Å²) in [5.74, 6) is 0. The molecular formula is C17H16N6O. The van der Waals surface area contributed by atoms with E-state index in [-0.39, 0.29) is 6.03 Å². The van der Waals surface area contributed by atoms with Crippen molar-refractivity contribution in [1.29, 1.82) is 0 Å². The molecule has 4 aromatic rings. The molecule has 2 aromatic carbocycles. The lowest BCUT2D eigenvalue weighted by atomic mass is 10.2. The number of aromatic nitrogens is 3. The number of carbonyl (C=O) groups is 1. The van der Waals surface area contributed by atoms with Crippen LogP contribution in [0, 0.1) is 0 Å². The Morgan fingerprint density at radius 1 is 1.08 bits per heavy atom. The van der Waals surface area contributed by atoms with E-state index in [9.17, 15) is 4.79 Å². The van der Waals surface area contributed by atoms with Crippen molar-refractivity contribution in [3.63, 3.8) is 0 Å². The van der Waals surface area contributed by atoms with Gasteiger partial charge < -0.3 is 10.3 Å². The molecule has 0 saturated heterocycles. The minimum absolute atomic E-state index is 0.296. The summed E-state index contributed by atoms with van der Waals surface area (Å²) in [5.41, 5.74) is 7.48. The van der Waals surface area contributed by atoms with Gasteiger partial charge in [-0.3, -0.25) is 5.43 Å². The normalized spacial score (nSPS) is 11.5. The molecule has 0 fully saturated rings. The first-order valence-electron chi connectivity index (χ1n) is 7.53. The lowest BCUT2D eigenvalue weighted by Crippen LogP contribution is -2.39. The Balaban J connectivity index is 1.81. The minimum atomic E-state index is -0.296. The van der Waals surface area contributed by atoms with Gasteiger partial charge in [0.15, 0.2) is 5.65 Å². The third kappa shape index (κ3) is 2.50. The number of nitrogens with one attached hydrogen (secondary N) is 3. The van der Waals surface area contributed by atoms with Gasteiger partial charge >= 0.3 is 6.03 Å². The SMILES string of the molecule is CN(C)NC(=O)Nc1ccc2[nH]c3nc4ccccc4nc3c2c1. The number of benzene rings is 2. The van der Waals surface area contributed by atoms with E-state index in [2.05, 4.69) is 20.7 Å². The average molecular weight is 320 g/mol. The number of para-hydroxylation sites is 2. The van der Waals surface area contributed by atoms with E-state index < -0.39 is 0 Å². The van der Waals surface area contributed by atoms with Crippen molar-refractivity contribution in [2.45, 2.75) is 0 Å². The smallest absolute Gasteiger partial charge is 0.333 e. The fourth-order valence-electron chi connectivity index (χ4n) is 2.69. The van der Waals surface area contributed by atoms with Crippen LogP contribution in [0.3, 0.4) is 0 Å². The second-order valence-corrected chi connectivity index (χ2v) is 5.76. The van der Waals surface area contributed by atoms with Crippen LogP contribution in [0.4, 0.5) is 10.5 Å². The van der Waals surface area contributed by atoms with Crippen molar-refractivity contribution in [1.82, 2.24) is 25.4 Å². The zero-order chi connectivity index (χ0) is 16.7. The monoisotopic (exact) mass is 320 g/mol. The van der Waals surface area contributed by atoms with Crippen LogP contribution in [0.5, 0.6) is 0 Å².